The van der Waals surface area contributed by atoms with Crippen molar-refractivity contribution in [3.8, 4) is 0 Å². The Morgan fingerprint density at radius 1 is 1.24 bits per heavy atom. The highest BCUT2D eigenvalue weighted by atomic mass is 19.1. The fraction of sp³-hybridized carbons (Fsp3) is 0.385. The quantitative estimate of drug-likeness (QED) is 0.798. The van der Waals surface area contributed by atoms with Gasteiger partial charge in [0.05, 0.1) is 6.54 Å². The van der Waals surface area contributed by atoms with Gasteiger partial charge in [0.25, 0.3) is 0 Å². The van der Waals surface area contributed by atoms with Crippen molar-refractivity contribution >= 4 is 11.7 Å². The topological polar surface area (TPSA) is 46.2 Å². The van der Waals surface area contributed by atoms with E-state index < -0.39 is 0 Å². The number of benzene rings is 1. The minimum absolute atomic E-state index is 0.0445. The van der Waals surface area contributed by atoms with Gasteiger partial charge in [0.2, 0.25) is 5.91 Å². The zero-order valence-corrected chi connectivity index (χ0v) is 10.00. The molecule has 0 spiro atoms. The molecule has 0 bridgehead atoms. The first-order chi connectivity index (χ1) is 7.99. The van der Waals surface area contributed by atoms with Crippen LogP contribution in [-0.2, 0) is 4.79 Å². The lowest BCUT2D eigenvalue weighted by Gasteiger charge is -2.06. The minimum atomic E-state index is -0.384. The predicted molar refractivity (Wildman–Crippen MR) is 63.2 cm³/mol. The summed E-state index contributed by atoms with van der Waals surface area (Å²) >= 11 is 0. The maximum Gasteiger partial charge on any atom is 0.220 e. The molecular formula is C13H16FNO2. The standard InChI is InChI=1S/C13H16FNO2/c1-9(2)7-13(17)15-8-12(16)10-3-5-11(14)6-4-10/h3-6,9H,7-8H2,1-2H3,(H,15,17). The van der Waals surface area contributed by atoms with Crippen LogP contribution in [0.3, 0.4) is 0 Å². The monoisotopic (exact) mass is 237 g/mol. The van der Waals surface area contributed by atoms with Crippen LogP contribution in [0.25, 0.3) is 0 Å². The smallest absolute Gasteiger partial charge is 0.220 e. The van der Waals surface area contributed by atoms with Gasteiger partial charge >= 0.3 is 0 Å². The van der Waals surface area contributed by atoms with Gasteiger partial charge in [-0.25, -0.2) is 4.39 Å². The molecule has 92 valence electrons. The van der Waals surface area contributed by atoms with Gasteiger partial charge in [-0.15, -0.1) is 0 Å². The van der Waals surface area contributed by atoms with E-state index in [1.807, 2.05) is 13.8 Å². The Labute approximate surface area is 100 Å². The van der Waals surface area contributed by atoms with Crippen LogP contribution in [0.2, 0.25) is 0 Å². The number of rotatable bonds is 5. The highest BCUT2D eigenvalue weighted by molar-refractivity contribution is 5.99. The highest BCUT2D eigenvalue weighted by Gasteiger charge is 2.09. The molecule has 0 heterocycles. The van der Waals surface area contributed by atoms with Crippen molar-refractivity contribution in [2.75, 3.05) is 6.54 Å². The summed E-state index contributed by atoms with van der Waals surface area (Å²) in [5.74, 6) is -0.487. The summed E-state index contributed by atoms with van der Waals surface area (Å²) in [7, 11) is 0. The second-order valence-corrected chi connectivity index (χ2v) is 4.30. The molecule has 1 aromatic carbocycles. The Morgan fingerprint density at radius 2 is 1.82 bits per heavy atom. The molecule has 4 heteroatoms. The molecule has 0 saturated heterocycles. The summed E-state index contributed by atoms with van der Waals surface area (Å²) in [4.78, 5) is 22.9. The first-order valence-electron chi connectivity index (χ1n) is 5.54. The number of amides is 1. The number of Topliss-reactive ketones (excluding diaryl/α,β-unsaturated/α-hetero) is 1. The van der Waals surface area contributed by atoms with E-state index in [0.717, 1.165) is 0 Å². The molecule has 3 nitrogen and oxygen atoms in total. The van der Waals surface area contributed by atoms with Crippen molar-refractivity contribution in [3.63, 3.8) is 0 Å². The Bertz CT molecular complexity index is 398. The van der Waals surface area contributed by atoms with E-state index >= 15 is 0 Å². The predicted octanol–water partition coefficient (Wildman–Crippen LogP) is 2.17. The Morgan fingerprint density at radius 3 is 2.35 bits per heavy atom. The largest absolute Gasteiger partial charge is 0.349 e. The van der Waals surface area contributed by atoms with E-state index in [-0.39, 0.29) is 30.0 Å². The van der Waals surface area contributed by atoms with Crippen molar-refractivity contribution in [2.24, 2.45) is 5.92 Å². The molecule has 0 saturated carbocycles. The van der Waals surface area contributed by atoms with Crippen molar-refractivity contribution in [1.82, 2.24) is 5.32 Å². The van der Waals surface area contributed by atoms with Gasteiger partial charge < -0.3 is 5.32 Å². The Balaban J connectivity index is 2.45. The third-order valence-electron chi connectivity index (χ3n) is 2.21. The number of carbonyl (C=O) groups is 2. The molecular weight excluding hydrogens is 221 g/mol. The Kier molecular flexibility index (Phi) is 4.82. The fourth-order valence-electron chi connectivity index (χ4n) is 1.36. The lowest BCUT2D eigenvalue weighted by atomic mass is 10.1. The van der Waals surface area contributed by atoms with E-state index in [2.05, 4.69) is 5.32 Å². The third-order valence-corrected chi connectivity index (χ3v) is 2.21. The molecule has 0 atom stereocenters. The molecule has 0 aromatic heterocycles. The molecule has 1 N–H and O–H groups in total. The maximum absolute atomic E-state index is 12.6. The summed E-state index contributed by atoms with van der Waals surface area (Å²) in [6.07, 6.45) is 0.400. The summed E-state index contributed by atoms with van der Waals surface area (Å²) in [5.41, 5.74) is 0.399. The zero-order valence-electron chi connectivity index (χ0n) is 10.00. The zero-order chi connectivity index (χ0) is 12.8. The van der Waals surface area contributed by atoms with Crippen LogP contribution < -0.4 is 5.32 Å². The van der Waals surface area contributed by atoms with Crippen molar-refractivity contribution < 1.29 is 14.0 Å². The normalized spacial score (nSPS) is 10.4. The van der Waals surface area contributed by atoms with Gasteiger partial charge in [-0.05, 0) is 30.2 Å². The number of hydrogen-bond donors (Lipinski definition) is 1. The van der Waals surface area contributed by atoms with Crippen LogP contribution in [0.15, 0.2) is 24.3 Å². The minimum Gasteiger partial charge on any atom is -0.349 e. The number of halogens is 1. The average molecular weight is 237 g/mol. The van der Waals surface area contributed by atoms with Crippen molar-refractivity contribution in [2.45, 2.75) is 20.3 Å². The fourth-order valence-corrected chi connectivity index (χ4v) is 1.36. The van der Waals surface area contributed by atoms with E-state index in [1.165, 1.54) is 24.3 Å². The summed E-state index contributed by atoms with van der Waals surface area (Å²) in [6, 6.07) is 5.27. The molecule has 0 aliphatic rings. The molecule has 0 unspecified atom stereocenters. The van der Waals surface area contributed by atoms with Gasteiger partial charge in [0.15, 0.2) is 5.78 Å². The van der Waals surface area contributed by atoms with Crippen LogP contribution in [0.4, 0.5) is 4.39 Å². The van der Waals surface area contributed by atoms with Crippen LogP contribution in [0.1, 0.15) is 30.6 Å². The van der Waals surface area contributed by atoms with Crippen LogP contribution in [0.5, 0.6) is 0 Å². The average Bonchev–Trinajstić information content (AvgIpc) is 2.26. The molecule has 0 radical (unpaired) electrons. The molecule has 0 fully saturated rings. The van der Waals surface area contributed by atoms with E-state index in [0.29, 0.717) is 12.0 Å². The number of ketones is 1. The Hall–Kier alpha value is -1.71. The second-order valence-electron chi connectivity index (χ2n) is 4.30. The summed E-state index contributed by atoms with van der Waals surface area (Å²) < 4.78 is 12.6. The lowest BCUT2D eigenvalue weighted by Crippen LogP contribution is -2.30. The van der Waals surface area contributed by atoms with Gasteiger partial charge in [-0.2, -0.15) is 0 Å². The summed E-state index contributed by atoms with van der Waals surface area (Å²) in [6.45, 7) is 3.82. The van der Waals surface area contributed by atoms with Crippen molar-refractivity contribution in [3.05, 3.63) is 35.6 Å². The summed E-state index contributed by atoms with van der Waals surface area (Å²) in [5, 5.41) is 2.54. The molecule has 0 aliphatic carbocycles. The number of nitrogens with one attached hydrogen (secondary N) is 1. The molecule has 1 aromatic rings. The molecule has 1 amide bonds. The molecule has 0 aliphatic heterocycles. The number of hydrogen-bond acceptors (Lipinski definition) is 2. The van der Waals surface area contributed by atoms with Gasteiger partial charge in [-0.3, -0.25) is 9.59 Å². The highest BCUT2D eigenvalue weighted by Crippen LogP contribution is 2.03. The maximum atomic E-state index is 12.6. The van der Waals surface area contributed by atoms with E-state index in [9.17, 15) is 14.0 Å². The first-order valence-corrected chi connectivity index (χ1v) is 5.54. The van der Waals surface area contributed by atoms with Gasteiger partial charge in [-0.1, -0.05) is 13.8 Å². The van der Waals surface area contributed by atoms with E-state index in [1.54, 1.807) is 0 Å². The SMILES string of the molecule is CC(C)CC(=O)NCC(=O)c1ccc(F)cc1. The van der Waals surface area contributed by atoms with Crippen LogP contribution in [0, 0.1) is 11.7 Å². The third kappa shape index (κ3) is 4.76. The molecule has 1 rings (SSSR count). The van der Waals surface area contributed by atoms with Gasteiger partial charge in [0, 0.05) is 12.0 Å². The lowest BCUT2D eigenvalue weighted by molar-refractivity contribution is -0.121. The van der Waals surface area contributed by atoms with Gasteiger partial charge in [0.1, 0.15) is 5.82 Å². The van der Waals surface area contributed by atoms with Crippen LogP contribution in [-0.4, -0.2) is 18.2 Å². The first kappa shape index (κ1) is 13.4. The van der Waals surface area contributed by atoms with E-state index in [4.69, 9.17) is 0 Å². The molecule has 17 heavy (non-hydrogen) atoms. The van der Waals surface area contributed by atoms with Crippen molar-refractivity contribution in [1.29, 1.82) is 0 Å². The van der Waals surface area contributed by atoms with Crippen LogP contribution >= 0.6 is 0 Å². The number of carbonyl (C=O) groups excluding carboxylic acids is 2. The second kappa shape index (κ2) is 6.13.